The molecule has 0 aliphatic rings. The monoisotopic (exact) mass is 245 g/mol. The highest BCUT2D eigenvalue weighted by atomic mass is 16.5. The first kappa shape index (κ1) is 12.2. The van der Waals surface area contributed by atoms with Gasteiger partial charge in [0.05, 0.1) is 7.11 Å². The summed E-state index contributed by atoms with van der Waals surface area (Å²) in [4.78, 5) is 8.31. The minimum absolute atomic E-state index is 0.495. The zero-order chi connectivity index (χ0) is 12.8. The highest BCUT2D eigenvalue weighted by molar-refractivity contribution is 5.36. The van der Waals surface area contributed by atoms with Crippen molar-refractivity contribution in [3.8, 4) is 17.4 Å². The molecule has 0 spiro atoms. The van der Waals surface area contributed by atoms with Crippen molar-refractivity contribution < 1.29 is 9.47 Å². The summed E-state index contributed by atoms with van der Waals surface area (Å²) >= 11 is 0. The van der Waals surface area contributed by atoms with Crippen LogP contribution in [-0.2, 0) is 0 Å². The molecule has 1 heterocycles. The molecule has 0 radical (unpaired) electrons. The fraction of sp³-hybridized carbons (Fsp3) is 0.231. The van der Waals surface area contributed by atoms with Gasteiger partial charge < -0.3 is 14.8 Å². The Bertz CT molecular complexity index is 517. The highest BCUT2D eigenvalue weighted by Gasteiger charge is 2.02. The van der Waals surface area contributed by atoms with Crippen molar-refractivity contribution in [1.82, 2.24) is 9.97 Å². The van der Waals surface area contributed by atoms with Gasteiger partial charge in [-0.05, 0) is 19.1 Å². The fourth-order valence-corrected chi connectivity index (χ4v) is 1.43. The fourth-order valence-electron chi connectivity index (χ4n) is 1.43. The number of nitrogens with zero attached hydrogens (tertiary/aromatic N) is 2. The number of hydrogen-bond donors (Lipinski definition) is 1. The molecule has 0 saturated carbocycles. The molecule has 2 rings (SSSR count). The highest BCUT2D eigenvalue weighted by Crippen LogP contribution is 2.23. The largest absolute Gasteiger partial charge is 0.497 e. The average Bonchev–Trinajstić information content (AvgIpc) is 2.40. The van der Waals surface area contributed by atoms with E-state index in [0.717, 1.165) is 12.3 Å². The van der Waals surface area contributed by atoms with Crippen LogP contribution in [0.3, 0.4) is 0 Å². The van der Waals surface area contributed by atoms with Gasteiger partial charge in [-0.3, -0.25) is 0 Å². The number of nitrogens with one attached hydrogen (secondary N) is 1. The molecule has 0 amide bonds. The van der Waals surface area contributed by atoms with Crippen molar-refractivity contribution in [2.75, 3.05) is 19.0 Å². The smallest absolute Gasteiger partial charge is 0.225 e. The van der Waals surface area contributed by atoms with E-state index in [1.807, 2.05) is 25.1 Å². The van der Waals surface area contributed by atoms with E-state index in [4.69, 9.17) is 9.47 Å². The number of aromatic nitrogens is 2. The van der Waals surface area contributed by atoms with E-state index < -0.39 is 0 Å². The number of hydrogen-bond acceptors (Lipinski definition) is 5. The van der Waals surface area contributed by atoms with Crippen LogP contribution in [0.4, 0.5) is 5.95 Å². The molecule has 2 aromatic rings. The predicted octanol–water partition coefficient (Wildman–Crippen LogP) is 2.71. The standard InChI is InChI=1S/C13H15N3O2/c1-3-14-13-15-8-7-12(16-13)18-11-6-4-5-10(9-11)17-2/h4-9H,3H2,1-2H3,(H,14,15,16). The van der Waals surface area contributed by atoms with Gasteiger partial charge in [0, 0.05) is 24.9 Å². The maximum absolute atomic E-state index is 5.64. The van der Waals surface area contributed by atoms with Crippen molar-refractivity contribution in [3.63, 3.8) is 0 Å². The van der Waals surface area contributed by atoms with E-state index in [1.165, 1.54) is 0 Å². The van der Waals surface area contributed by atoms with Crippen LogP contribution in [0.15, 0.2) is 36.5 Å². The Morgan fingerprint density at radius 3 is 2.83 bits per heavy atom. The lowest BCUT2D eigenvalue weighted by molar-refractivity contribution is 0.407. The van der Waals surface area contributed by atoms with Gasteiger partial charge in [0.1, 0.15) is 11.5 Å². The van der Waals surface area contributed by atoms with Gasteiger partial charge in [-0.1, -0.05) is 6.07 Å². The molecule has 18 heavy (non-hydrogen) atoms. The second-order valence-electron chi connectivity index (χ2n) is 3.53. The Balaban J connectivity index is 2.14. The molecule has 5 nitrogen and oxygen atoms in total. The van der Waals surface area contributed by atoms with Gasteiger partial charge in [-0.25, -0.2) is 4.98 Å². The van der Waals surface area contributed by atoms with Crippen LogP contribution >= 0.6 is 0 Å². The summed E-state index contributed by atoms with van der Waals surface area (Å²) < 4.78 is 10.8. The van der Waals surface area contributed by atoms with Crippen LogP contribution in [-0.4, -0.2) is 23.6 Å². The van der Waals surface area contributed by atoms with Gasteiger partial charge in [-0.2, -0.15) is 4.98 Å². The molecule has 0 bridgehead atoms. The number of ether oxygens (including phenoxy) is 2. The van der Waals surface area contributed by atoms with Gasteiger partial charge >= 0.3 is 0 Å². The molecular formula is C13H15N3O2. The maximum Gasteiger partial charge on any atom is 0.225 e. The van der Waals surface area contributed by atoms with Gasteiger partial charge in [0.15, 0.2) is 0 Å². The van der Waals surface area contributed by atoms with Crippen molar-refractivity contribution in [2.24, 2.45) is 0 Å². The summed E-state index contributed by atoms with van der Waals surface area (Å²) in [7, 11) is 1.62. The van der Waals surface area contributed by atoms with Crippen LogP contribution in [0.25, 0.3) is 0 Å². The molecule has 0 fully saturated rings. The van der Waals surface area contributed by atoms with Crippen LogP contribution in [0.5, 0.6) is 17.4 Å². The number of methoxy groups -OCH3 is 1. The Hall–Kier alpha value is -2.30. The Morgan fingerprint density at radius 1 is 1.22 bits per heavy atom. The first-order chi connectivity index (χ1) is 8.81. The molecule has 94 valence electrons. The number of benzene rings is 1. The SMILES string of the molecule is CCNc1nccc(Oc2cccc(OC)c2)n1. The molecule has 0 unspecified atom stereocenters. The summed E-state index contributed by atoms with van der Waals surface area (Å²) in [5, 5.41) is 3.03. The second kappa shape index (κ2) is 5.86. The summed E-state index contributed by atoms with van der Waals surface area (Å²) in [5.74, 6) is 2.47. The van der Waals surface area contributed by atoms with Crippen molar-refractivity contribution in [2.45, 2.75) is 6.92 Å². The van der Waals surface area contributed by atoms with E-state index >= 15 is 0 Å². The first-order valence-corrected chi connectivity index (χ1v) is 5.70. The predicted molar refractivity (Wildman–Crippen MR) is 69.3 cm³/mol. The molecule has 0 saturated heterocycles. The Morgan fingerprint density at radius 2 is 2.06 bits per heavy atom. The molecular weight excluding hydrogens is 230 g/mol. The van der Waals surface area contributed by atoms with Gasteiger partial charge in [0.25, 0.3) is 0 Å². The van der Waals surface area contributed by atoms with Crippen LogP contribution in [0.1, 0.15) is 6.92 Å². The topological polar surface area (TPSA) is 56.3 Å². The zero-order valence-corrected chi connectivity index (χ0v) is 10.4. The van der Waals surface area contributed by atoms with Gasteiger partial charge in [0.2, 0.25) is 11.8 Å². The molecule has 0 aliphatic heterocycles. The minimum Gasteiger partial charge on any atom is -0.497 e. The number of anilines is 1. The Labute approximate surface area is 106 Å². The first-order valence-electron chi connectivity index (χ1n) is 5.70. The maximum atomic E-state index is 5.64. The Kier molecular flexibility index (Phi) is 3.96. The normalized spacial score (nSPS) is 9.89. The second-order valence-corrected chi connectivity index (χ2v) is 3.53. The molecule has 0 aliphatic carbocycles. The van der Waals surface area contributed by atoms with E-state index in [-0.39, 0.29) is 0 Å². The zero-order valence-electron chi connectivity index (χ0n) is 10.4. The summed E-state index contributed by atoms with van der Waals surface area (Å²) in [6, 6.07) is 9.07. The van der Waals surface area contributed by atoms with Crippen molar-refractivity contribution in [3.05, 3.63) is 36.5 Å². The third kappa shape index (κ3) is 3.10. The average molecular weight is 245 g/mol. The van der Waals surface area contributed by atoms with Crippen LogP contribution in [0.2, 0.25) is 0 Å². The van der Waals surface area contributed by atoms with Crippen LogP contribution < -0.4 is 14.8 Å². The lowest BCUT2D eigenvalue weighted by Gasteiger charge is -2.07. The molecule has 1 aromatic heterocycles. The molecule has 5 heteroatoms. The van der Waals surface area contributed by atoms with Crippen molar-refractivity contribution in [1.29, 1.82) is 0 Å². The lowest BCUT2D eigenvalue weighted by atomic mass is 10.3. The van der Waals surface area contributed by atoms with Crippen LogP contribution in [0, 0.1) is 0 Å². The summed E-state index contributed by atoms with van der Waals surface area (Å²) in [6.45, 7) is 2.75. The summed E-state index contributed by atoms with van der Waals surface area (Å²) in [5.41, 5.74) is 0. The third-order valence-electron chi connectivity index (χ3n) is 2.23. The lowest BCUT2D eigenvalue weighted by Crippen LogP contribution is -2.02. The van der Waals surface area contributed by atoms with Crippen molar-refractivity contribution >= 4 is 5.95 Å². The summed E-state index contributed by atoms with van der Waals surface area (Å²) in [6.07, 6.45) is 1.65. The molecule has 1 aromatic carbocycles. The van der Waals surface area contributed by atoms with E-state index in [9.17, 15) is 0 Å². The third-order valence-corrected chi connectivity index (χ3v) is 2.23. The number of rotatable bonds is 5. The van der Waals surface area contributed by atoms with E-state index in [1.54, 1.807) is 25.4 Å². The quantitative estimate of drug-likeness (QED) is 0.877. The van der Waals surface area contributed by atoms with Gasteiger partial charge in [-0.15, -0.1) is 0 Å². The molecule has 0 atom stereocenters. The van der Waals surface area contributed by atoms with E-state index in [2.05, 4.69) is 15.3 Å². The minimum atomic E-state index is 0.495. The molecule has 1 N–H and O–H groups in total. The van der Waals surface area contributed by atoms with E-state index in [0.29, 0.717) is 17.6 Å².